The van der Waals surface area contributed by atoms with Crippen molar-refractivity contribution in [1.29, 1.82) is 0 Å². The molecule has 0 aliphatic heterocycles. The zero-order valence-corrected chi connectivity index (χ0v) is 12.5. The zero-order chi connectivity index (χ0) is 15.8. The van der Waals surface area contributed by atoms with Crippen LogP contribution in [0.25, 0.3) is 0 Å². The van der Waals surface area contributed by atoms with E-state index in [9.17, 15) is 9.18 Å². The summed E-state index contributed by atoms with van der Waals surface area (Å²) < 4.78 is 18.0. The maximum Gasteiger partial charge on any atom is 0.227 e. The first-order valence-electron chi connectivity index (χ1n) is 7.09. The molecule has 0 N–H and O–H groups in total. The van der Waals surface area contributed by atoms with Gasteiger partial charge in [-0.3, -0.25) is 9.78 Å². The summed E-state index contributed by atoms with van der Waals surface area (Å²) in [5, 5.41) is 0. The molecule has 1 aromatic heterocycles. The molecule has 2 aromatic rings. The number of rotatable bonds is 7. The van der Waals surface area contributed by atoms with Gasteiger partial charge >= 0.3 is 0 Å². The standard InChI is InChI=1S/C17H19FN2O2/c1-22-11-10-20(13-15-6-8-19-9-7-15)17(21)12-14-2-4-16(18)5-3-14/h2-9H,10-13H2,1H3. The highest BCUT2D eigenvalue weighted by Gasteiger charge is 2.14. The monoisotopic (exact) mass is 302 g/mol. The summed E-state index contributed by atoms with van der Waals surface area (Å²) in [4.78, 5) is 18.2. The van der Waals surface area contributed by atoms with Gasteiger partial charge in [-0.2, -0.15) is 0 Å². The summed E-state index contributed by atoms with van der Waals surface area (Å²) in [6, 6.07) is 9.76. The Hall–Kier alpha value is -2.27. The van der Waals surface area contributed by atoms with E-state index >= 15 is 0 Å². The van der Waals surface area contributed by atoms with Crippen LogP contribution in [-0.4, -0.2) is 36.1 Å². The maximum atomic E-state index is 12.9. The van der Waals surface area contributed by atoms with Crippen molar-refractivity contribution >= 4 is 5.91 Å². The average Bonchev–Trinajstić information content (AvgIpc) is 2.54. The number of pyridine rings is 1. The molecule has 0 aliphatic rings. The minimum atomic E-state index is -0.302. The van der Waals surface area contributed by atoms with Crippen molar-refractivity contribution < 1.29 is 13.9 Å². The third kappa shape index (κ3) is 4.93. The number of nitrogens with zero attached hydrogens (tertiary/aromatic N) is 2. The largest absolute Gasteiger partial charge is 0.383 e. The van der Waals surface area contributed by atoms with E-state index < -0.39 is 0 Å². The van der Waals surface area contributed by atoms with Crippen LogP contribution in [0.4, 0.5) is 4.39 Å². The Morgan fingerprint density at radius 2 is 1.82 bits per heavy atom. The first-order valence-corrected chi connectivity index (χ1v) is 7.09. The molecule has 0 fully saturated rings. The van der Waals surface area contributed by atoms with Crippen LogP contribution in [0.2, 0.25) is 0 Å². The fourth-order valence-corrected chi connectivity index (χ4v) is 2.09. The van der Waals surface area contributed by atoms with E-state index in [-0.39, 0.29) is 18.1 Å². The van der Waals surface area contributed by atoms with Crippen LogP contribution >= 0.6 is 0 Å². The van der Waals surface area contributed by atoms with Crippen molar-refractivity contribution in [3.05, 3.63) is 65.7 Å². The summed E-state index contributed by atoms with van der Waals surface area (Å²) in [6.45, 7) is 1.49. The topological polar surface area (TPSA) is 42.4 Å². The highest BCUT2D eigenvalue weighted by Crippen LogP contribution is 2.09. The fraction of sp³-hybridized carbons (Fsp3) is 0.294. The normalized spacial score (nSPS) is 10.5. The number of hydrogen-bond donors (Lipinski definition) is 0. The molecule has 0 unspecified atom stereocenters. The lowest BCUT2D eigenvalue weighted by Gasteiger charge is -2.22. The summed E-state index contributed by atoms with van der Waals surface area (Å²) in [6.07, 6.45) is 3.65. The van der Waals surface area contributed by atoms with Gasteiger partial charge in [0.2, 0.25) is 5.91 Å². The molecular formula is C17H19FN2O2. The zero-order valence-electron chi connectivity index (χ0n) is 12.5. The predicted molar refractivity (Wildman–Crippen MR) is 81.6 cm³/mol. The smallest absolute Gasteiger partial charge is 0.227 e. The lowest BCUT2D eigenvalue weighted by molar-refractivity contribution is -0.131. The van der Waals surface area contributed by atoms with Crippen LogP contribution in [0.5, 0.6) is 0 Å². The van der Waals surface area contributed by atoms with E-state index in [1.807, 2.05) is 12.1 Å². The van der Waals surface area contributed by atoms with E-state index in [0.29, 0.717) is 19.7 Å². The van der Waals surface area contributed by atoms with E-state index in [2.05, 4.69) is 4.98 Å². The molecule has 1 aromatic carbocycles. The van der Waals surface area contributed by atoms with Gasteiger partial charge in [-0.05, 0) is 35.4 Å². The minimum Gasteiger partial charge on any atom is -0.383 e. The van der Waals surface area contributed by atoms with Gasteiger partial charge in [-0.15, -0.1) is 0 Å². The van der Waals surface area contributed by atoms with Crippen LogP contribution in [0.15, 0.2) is 48.8 Å². The third-order valence-electron chi connectivity index (χ3n) is 3.31. The SMILES string of the molecule is COCCN(Cc1ccncc1)C(=O)Cc1ccc(F)cc1. The summed E-state index contributed by atoms with van der Waals surface area (Å²) >= 11 is 0. The Bertz CT molecular complexity index is 587. The predicted octanol–water partition coefficient (Wildman–Crippen LogP) is 2.44. The Morgan fingerprint density at radius 1 is 1.14 bits per heavy atom. The Balaban J connectivity index is 2.03. The molecule has 4 nitrogen and oxygen atoms in total. The second-order valence-corrected chi connectivity index (χ2v) is 4.97. The number of benzene rings is 1. The van der Waals surface area contributed by atoms with Crippen molar-refractivity contribution in [2.45, 2.75) is 13.0 Å². The Kier molecular flexibility index (Phi) is 6.03. The van der Waals surface area contributed by atoms with Gasteiger partial charge in [0.1, 0.15) is 5.82 Å². The molecule has 0 atom stereocenters. The number of amides is 1. The highest BCUT2D eigenvalue weighted by molar-refractivity contribution is 5.78. The number of halogens is 1. The minimum absolute atomic E-state index is 0.0135. The number of hydrogen-bond acceptors (Lipinski definition) is 3. The number of aromatic nitrogens is 1. The van der Waals surface area contributed by atoms with E-state index in [1.165, 1.54) is 12.1 Å². The van der Waals surface area contributed by atoms with E-state index in [0.717, 1.165) is 11.1 Å². The van der Waals surface area contributed by atoms with Crippen molar-refractivity contribution in [2.75, 3.05) is 20.3 Å². The third-order valence-corrected chi connectivity index (χ3v) is 3.31. The molecule has 0 saturated heterocycles. The number of ether oxygens (including phenoxy) is 1. The highest BCUT2D eigenvalue weighted by atomic mass is 19.1. The van der Waals surface area contributed by atoms with Gasteiger partial charge in [0.15, 0.2) is 0 Å². The lowest BCUT2D eigenvalue weighted by Crippen LogP contribution is -2.34. The van der Waals surface area contributed by atoms with Crippen LogP contribution in [0.1, 0.15) is 11.1 Å². The molecule has 1 heterocycles. The molecular weight excluding hydrogens is 283 g/mol. The summed E-state index contributed by atoms with van der Waals surface area (Å²) in [5.74, 6) is -0.315. The van der Waals surface area contributed by atoms with Gasteiger partial charge in [0.05, 0.1) is 13.0 Å². The molecule has 1 amide bonds. The van der Waals surface area contributed by atoms with Gasteiger partial charge in [0, 0.05) is 32.6 Å². The average molecular weight is 302 g/mol. The van der Waals surface area contributed by atoms with Crippen LogP contribution < -0.4 is 0 Å². The number of carbonyl (C=O) groups excluding carboxylic acids is 1. The second kappa shape index (κ2) is 8.24. The molecule has 0 saturated carbocycles. The lowest BCUT2D eigenvalue weighted by atomic mass is 10.1. The van der Waals surface area contributed by atoms with Gasteiger partial charge in [-0.25, -0.2) is 4.39 Å². The van der Waals surface area contributed by atoms with Crippen LogP contribution in [0, 0.1) is 5.82 Å². The maximum absolute atomic E-state index is 12.9. The summed E-state index contributed by atoms with van der Waals surface area (Å²) in [5.41, 5.74) is 1.81. The molecule has 0 spiro atoms. The van der Waals surface area contributed by atoms with Crippen molar-refractivity contribution in [1.82, 2.24) is 9.88 Å². The Morgan fingerprint density at radius 3 is 2.45 bits per heavy atom. The Labute approximate surface area is 129 Å². The second-order valence-electron chi connectivity index (χ2n) is 4.97. The van der Waals surface area contributed by atoms with Crippen molar-refractivity contribution in [3.8, 4) is 0 Å². The van der Waals surface area contributed by atoms with Crippen LogP contribution in [0.3, 0.4) is 0 Å². The summed E-state index contributed by atoms with van der Waals surface area (Å²) in [7, 11) is 1.61. The van der Waals surface area contributed by atoms with E-state index in [4.69, 9.17) is 4.74 Å². The van der Waals surface area contributed by atoms with Gasteiger partial charge < -0.3 is 9.64 Å². The molecule has 22 heavy (non-hydrogen) atoms. The molecule has 116 valence electrons. The van der Waals surface area contributed by atoms with Crippen molar-refractivity contribution in [2.24, 2.45) is 0 Å². The first-order chi connectivity index (χ1) is 10.7. The van der Waals surface area contributed by atoms with Crippen LogP contribution in [-0.2, 0) is 22.5 Å². The number of carbonyl (C=O) groups is 1. The molecule has 5 heteroatoms. The molecule has 0 bridgehead atoms. The first kappa shape index (κ1) is 16.1. The van der Waals surface area contributed by atoms with Crippen molar-refractivity contribution in [3.63, 3.8) is 0 Å². The fourth-order valence-electron chi connectivity index (χ4n) is 2.09. The molecule has 2 rings (SSSR count). The number of methoxy groups -OCH3 is 1. The quantitative estimate of drug-likeness (QED) is 0.789. The van der Waals surface area contributed by atoms with Gasteiger partial charge in [0.25, 0.3) is 0 Å². The molecule has 0 radical (unpaired) electrons. The molecule has 0 aliphatic carbocycles. The van der Waals surface area contributed by atoms with Gasteiger partial charge in [-0.1, -0.05) is 12.1 Å². The van der Waals surface area contributed by atoms with E-state index in [1.54, 1.807) is 36.5 Å².